The number of ketones is 1. The zero-order valence-electron chi connectivity index (χ0n) is 11.5. The molecule has 104 valence electrons. The Morgan fingerprint density at radius 2 is 1.89 bits per heavy atom. The van der Waals surface area contributed by atoms with Crippen LogP contribution in [0.2, 0.25) is 0 Å². The summed E-state index contributed by atoms with van der Waals surface area (Å²) in [6, 6.07) is 9.30. The Bertz CT molecular complexity index is 417. The van der Waals surface area contributed by atoms with Gasteiger partial charge in [-0.2, -0.15) is 0 Å². The number of carboxylic acid groups (broad SMARTS) is 1. The number of benzene rings is 1. The Labute approximate surface area is 114 Å². The predicted molar refractivity (Wildman–Crippen MR) is 74.4 cm³/mol. The summed E-state index contributed by atoms with van der Waals surface area (Å²) in [5.41, 5.74) is 0.672. The summed E-state index contributed by atoms with van der Waals surface area (Å²) in [5, 5.41) is 8.76. The minimum absolute atomic E-state index is 0.0336. The lowest BCUT2D eigenvalue weighted by molar-refractivity contribution is -0.137. The molecule has 0 aliphatic rings. The fourth-order valence-corrected chi connectivity index (χ4v) is 1.85. The highest BCUT2D eigenvalue weighted by atomic mass is 16.4. The van der Waals surface area contributed by atoms with Crippen molar-refractivity contribution >= 4 is 11.8 Å². The second kappa shape index (κ2) is 7.69. The molecule has 19 heavy (non-hydrogen) atoms. The Hall–Kier alpha value is -1.68. The van der Waals surface area contributed by atoms with E-state index in [1.54, 1.807) is 12.1 Å². The number of nitrogens with zero attached hydrogens (tertiary/aromatic N) is 1. The van der Waals surface area contributed by atoms with Crippen LogP contribution in [0, 0.1) is 0 Å². The van der Waals surface area contributed by atoms with Crippen molar-refractivity contribution in [1.29, 1.82) is 0 Å². The van der Waals surface area contributed by atoms with E-state index in [0.29, 0.717) is 12.1 Å². The van der Waals surface area contributed by atoms with Crippen molar-refractivity contribution in [2.75, 3.05) is 13.1 Å². The van der Waals surface area contributed by atoms with Crippen LogP contribution >= 0.6 is 0 Å². The van der Waals surface area contributed by atoms with Crippen molar-refractivity contribution in [2.45, 2.75) is 32.7 Å². The highest BCUT2D eigenvalue weighted by Crippen LogP contribution is 2.08. The van der Waals surface area contributed by atoms with Crippen molar-refractivity contribution in [2.24, 2.45) is 0 Å². The lowest BCUT2D eigenvalue weighted by Crippen LogP contribution is -2.38. The number of carboxylic acids is 1. The first kappa shape index (κ1) is 15.4. The smallest absolute Gasteiger partial charge is 0.304 e. The number of carbonyl (C=O) groups is 2. The Morgan fingerprint density at radius 3 is 2.42 bits per heavy atom. The molecule has 0 aliphatic heterocycles. The fourth-order valence-electron chi connectivity index (χ4n) is 1.85. The Kier molecular flexibility index (Phi) is 6.22. The third-order valence-electron chi connectivity index (χ3n) is 3.27. The molecule has 1 atom stereocenters. The molecule has 0 radical (unpaired) electrons. The molecular formula is C15H21NO3. The second-order valence-electron chi connectivity index (χ2n) is 4.66. The van der Waals surface area contributed by atoms with E-state index in [0.717, 1.165) is 6.42 Å². The van der Waals surface area contributed by atoms with Gasteiger partial charge >= 0.3 is 5.97 Å². The van der Waals surface area contributed by atoms with E-state index >= 15 is 0 Å². The summed E-state index contributed by atoms with van der Waals surface area (Å²) in [4.78, 5) is 24.7. The van der Waals surface area contributed by atoms with Crippen molar-refractivity contribution < 1.29 is 14.7 Å². The van der Waals surface area contributed by atoms with E-state index in [1.807, 2.05) is 36.9 Å². The minimum Gasteiger partial charge on any atom is -0.481 e. The molecule has 0 bridgehead atoms. The molecule has 0 heterocycles. The Balaban J connectivity index is 2.66. The molecule has 1 aromatic rings. The van der Waals surface area contributed by atoms with Crippen molar-refractivity contribution in [3.63, 3.8) is 0 Å². The van der Waals surface area contributed by atoms with E-state index in [-0.39, 0.29) is 24.8 Å². The van der Waals surface area contributed by atoms with Crippen LogP contribution in [-0.4, -0.2) is 40.9 Å². The lowest BCUT2D eigenvalue weighted by Gasteiger charge is -2.27. The molecule has 4 heteroatoms. The molecule has 0 aromatic heterocycles. The quantitative estimate of drug-likeness (QED) is 0.732. The van der Waals surface area contributed by atoms with Gasteiger partial charge in [-0.1, -0.05) is 37.3 Å². The van der Waals surface area contributed by atoms with Gasteiger partial charge in [0.15, 0.2) is 5.78 Å². The molecule has 0 amide bonds. The highest BCUT2D eigenvalue weighted by Gasteiger charge is 2.17. The minimum atomic E-state index is -0.833. The first-order valence-corrected chi connectivity index (χ1v) is 6.58. The highest BCUT2D eigenvalue weighted by molar-refractivity contribution is 5.97. The maximum atomic E-state index is 12.1. The number of rotatable bonds is 8. The first-order chi connectivity index (χ1) is 9.04. The molecule has 0 saturated heterocycles. The van der Waals surface area contributed by atoms with Gasteiger partial charge in [-0.05, 0) is 13.3 Å². The van der Waals surface area contributed by atoms with Gasteiger partial charge in [0.2, 0.25) is 0 Å². The molecule has 1 N–H and O–H groups in total. The summed E-state index contributed by atoms with van der Waals surface area (Å²) >= 11 is 0. The summed E-state index contributed by atoms with van der Waals surface area (Å²) < 4.78 is 0. The topological polar surface area (TPSA) is 57.6 Å². The number of aliphatic carboxylic acids is 1. The average molecular weight is 263 g/mol. The van der Waals surface area contributed by atoms with Crippen molar-refractivity contribution in [3.05, 3.63) is 35.9 Å². The first-order valence-electron chi connectivity index (χ1n) is 6.58. The number of Topliss-reactive ketones (excluding diaryl/α,β-unsaturated/α-hetero) is 1. The SMILES string of the molecule is CCC(C)N(CCC(=O)O)CC(=O)c1ccccc1. The largest absolute Gasteiger partial charge is 0.481 e. The van der Waals surface area contributed by atoms with E-state index in [9.17, 15) is 9.59 Å². The third-order valence-corrected chi connectivity index (χ3v) is 3.27. The molecule has 0 fully saturated rings. The van der Waals surface area contributed by atoms with E-state index in [4.69, 9.17) is 5.11 Å². The fraction of sp³-hybridized carbons (Fsp3) is 0.467. The summed E-state index contributed by atoms with van der Waals surface area (Å²) in [5.74, 6) is -0.799. The number of hydrogen-bond donors (Lipinski definition) is 1. The zero-order valence-corrected chi connectivity index (χ0v) is 11.5. The van der Waals surface area contributed by atoms with Gasteiger partial charge in [-0.25, -0.2) is 0 Å². The Morgan fingerprint density at radius 1 is 1.26 bits per heavy atom. The van der Waals surface area contributed by atoms with Gasteiger partial charge < -0.3 is 5.11 Å². The molecule has 1 rings (SSSR count). The average Bonchev–Trinajstić information content (AvgIpc) is 2.43. The van der Waals surface area contributed by atoms with Crippen LogP contribution in [0.3, 0.4) is 0 Å². The van der Waals surface area contributed by atoms with Crippen molar-refractivity contribution in [1.82, 2.24) is 4.90 Å². The summed E-state index contributed by atoms with van der Waals surface area (Å²) in [7, 11) is 0. The van der Waals surface area contributed by atoms with Crippen LogP contribution in [0.1, 0.15) is 37.0 Å². The van der Waals surface area contributed by atoms with Crippen LogP contribution in [0.4, 0.5) is 0 Å². The van der Waals surface area contributed by atoms with Gasteiger partial charge in [-0.15, -0.1) is 0 Å². The monoisotopic (exact) mass is 263 g/mol. The van der Waals surface area contributed by atoms with E-state index in [1.165, 1.54) is 0 Å². The number of carbonyl (C=O) groups excluding carboxylic acids is 1. The molecule has 0 spiro atoms. The molecule has 0 saturated carbocycles. The van der Waals surface area contributed by atoms with Crippen LogP contribution in [0.25, 0.3) is 0 Å². The zero-order chi connectivity index (χ0) is 14.3. The van der Waals surface area contributed by atoms with Gasteiger partial charge in [0.1, 0.15) is 0 Å². The van der Waals surface area contributed by atoms with Crippen molar-refractivity contribution in [3.8, 4) is 0 Å². The summed E-state index contributed by atoms with van der Waals surface area (Å²) in [6.07, 6.45) is 0.952. The van der Waals surface area contributed by atoms with Gasteiger partial charge in [0.25, 0.3) is 0 Å². The maximum Gasteiger partial charge on any atom is 0.304 e. The van der Waals surface area contributed by atoms with Crippen LogP contribution in [0.15, 0.2) is 30.3 Å². The molecular weight excluding hydrogens is 242 g/mol. The third kappa shape index (κ3) is 5.22. The van der Waals surface area contributed by atoms with Gasteiger partial charge in [0.05, 0.1) is 13.0 Å². The molecule has 1 aromatic carbocycles. The second-order valence-corrected chi connectivity index (χ2v) is 4.66. The van der Waals surface area contributed by atoms with Crippen LogP contribution in [0.5, 0.6) is 0 Å². The van der Waals surface area contributed by atoms with E-state index in [2.05, 4.69) is 0 Å². The molecule has 4 nitrogen and oxygen atoms in total. The van der Waals surface area contributed by atoms with E-state index < -0.39 is 5.97 Å². The summed E-state index contributed by atoms with van der Waals surface area (Å²) in [6.45, 7) is 4.72. The van der Waals surface area contributed by atoms with Gasteiger partial charge in [0, 0.05) is 18.2 Å². The van der Waals surface area contributed by atoms with Crippen LogP contribution < -0.4 is 0 Å². The predicted octanol–water partition coefficient (Wildman–Crippen LogP) is 2.44. The molecule has 1 unspecified atom stereocenters. The molecule has 0 aliphatic carbocycles. The normalized spacial score (nSPS) is 12.4. The maximum absolute atomic E-state index is 12.1. The van der Waals surface area contributed by atoms with Crippen LogP contribution in [-0.2, 0) is 4.79 Å². The number of hydrogen-bond acceptors (Lipinski definition) is 3. The lowest BCUT2D eigenvalue weighted by atomic mass is 10.1. The standard InChI is InChI=1S/C15H21NO3/c1-3-12(2)16(10-9-15(18)19)11-14(17)13-7-5-4-6-8-13/h4-8,12H,3,9-11H2,1-2H3,(H,18,19). The van der Waals surface area contributed by atoms with Gasteiger partial charge in [-0.3, -0.25) is 14.5 Å².